The lowest BCUT2D eigenvalue weighted by Crippen LogP contribution is -2.37. The first-order chi connectivity index (χ1) is 7.44. The largest absolute Gasteiger partial charge is 0.340 e. The van der Waals surface area contributed by atoms with Gasteiger partial charge in [-0.1, -0.05) is 20.8 Å². The number of nitrogens with two attached hydrogens (primary N) is 1. The van der Waals surface area contributed by atoms with Crippen molar-refractivity contribution in [1.82, 2.24) is 4.90 Å². The summed E-state index contributed by atoms with van der Waals surface area (Å²) in [7, 11) is 0. The Bertz CT molecular complexity index is 233. The lowest BCUT2D eigenvalue weighted by atomic mass is 9.91. The number of hydrogen-bond donors (Lipinski definition) is 1. The number of carbonyl (C=O) groups excluding carboxylic acids is 1. The highest BCUT2D eigenvalue weighted by Gasteiger charge is 2.30. The Kier molecular flexibility index (Phi) is 4.78. The molecule has 0 aromatic rings. The van der Waals surface area contributed by atoms with Crippen molar-refractivity contribution in [2.75, 3.05) is 13.1 Å². The molecule has 0 aromatic carbocycles. The Balaban J connectivity index is 2.47. The molecular weight excluding hydrogens is 200 g/mol. The smallest absolute Gasteiger partial charge is 0.223 e. The molecular formula is C13H26N2O. The Morgan fingerprint density at radius 3 is 2.69 bits per heavy atom. The molecule has 1 unspecified atom stereocenters. The quantitative estimate of drug-likeness (QED) is 0.798. The van der Waals surface area contributed by atoms with Crippen molar-refractivity contribution >= 4 is 5.91 Å². The molecule has 0 radical (unpaired) electrons. The predicted octanol–water partition coefficient (Wildman–Crippen LogP) is 2.15. The average Bonchev–Trinajstić information content (AvgIpc) is 2.59. The second-order valence-corrected chi connectivity index (χ2v) is 6.05. The summed E-state index contributed by atoms with van der Waals surface area (Å²) in [6.07, 6.45) is 5.09. The maximum absolute atomic E-state index is 12.1. The van der Waals surface area contributed by atoms with Crippen LogP contribution < -0.4 is 5.73 Å². The highest BCUT2D eigenvalue weighted by atomic mass is 16.2. The lowest BCUT2D eigenvalue weighted by molar-refractivity contribution is -0.134. The number of rotatable bonds is 4. The van der Waals surface area contributed by atoms with Crippen LogP contribution in [-0.4, -0.2) is 29.9 Å². The number of amides is 1. The fourth-order valence-corrected chi connectivity index (χ4v) is 2.37. The second kappa shape index (κ2) is 5.67. The molecule has 1 heterocycles. The summed E-state index contributed by atoms with van der Waals surface area (Å²) in [6, 6.07) is 0.457. The van der Waals surface area contributed by atoms with Crippen molar-refractivity contribution in [3.63, 3.8) is 0 Å². The maximum atomic E-state index is 12.1. The zero-order valence-electron chi connectivity index (χ0n) is 11.0. The van der Waals surface area contributed by atoms with Gasteiger partial charge in [0.1, 0.15) is 0 Å². The number of nitrogens with zero attached hydrogens (tertiary/aromatic N) is 1. The van der Waals surface area contributed by atoms with Gasteiger partial charge in [0.05, 0.1) is 0 Å². The van der Waals surface area contributed by atoms with E-state index in [-0.39, 0.29) is 5.41 Å². The third kappa shape index (κ3) is 4.12. The molecule has 1 atom stereocenters. The van der Waals surface area contributed by atoms with Crippen LogP contribution in [-0.2, 0) is 4.79 Å². The van der Waals surface area contributed by atoms with E-state index in [1.807, 2.05) is 0 Å². The van der Waals surface area contributed by atoms with Gasteiger partial charge in [0.2, 0.25) is 5.91 Å². The summed E-state index contributed by atoms with van der Waals surface area (Å²) in [4.78, 5) is 14.2. The molecule has 1 aliphatic rings. The van der Waals surface area contributed by atoms with Crippen LogP contribution in [0.4, 0.5) is 0 Å². The van der Waals surface area contributed by atoms with E-state index in [0.717, 1.165) is 38.8 Å². The molecule has 16 heavy (non-hydrogen) atoms. The minimum Gasteiger partial charge on any atom is -0.340 e. The van der Waals surface area contributed by atoms with Gasteiger partial charge in [-0.25, -0.2) is 0 Å². The normalized spacial score (nSPS) is 21.5. The van der Waals surface area contributed by atoms with Crippen LogP contribution >= 0.6 is 0 Å². The molecule has 3 nitrogen and oxygen atoms in total. The average molecular weight is 226 g/mol. The van der Waals surface area contributed by atoms with Crippen molar-refractivity contribution in [3.05, 3.63) is 0 Å². The van der Waals surface area contributed by atoms with Crippen LogP contribution in [0.5, 0.6) is 0 Å². The lowest BCUT2D eigenvalue weighted by Gasteiger charge is -2.28. The van der Waals surface area contributed by atoms with Gasteiger partial charge in [-0.3, -0.25) is 4.79 Å². The van der Waals surface area contributed by atoms with Crippen LogP contribution in [0.15, 0.2) is 0 Å². The van der Waals surface area contributed by atoms with E-state index >= 15 is 0 Å². The SMILES string of the molecule is CC(C)(C)CC(=O)N1CCCC1CCCN. The predicted molar refractivity (Wildman–Crippen MR) is 67.1 cm³/mol. The van der Waals surface area contributed by atoms with E-state index in [0.29, 0.717) is 18.4 Å². The molecule has 0 saturated carbocycles. The van der Waals surface area contributed by atoms with Gasteiger partial charge < -0.3 is 10.6 Å². The second-order valence-electron chi connectivity index (χ2n) is 6.05. The van der Waals surface area contributed by atoms with Gasteiger partial charge in [0.25, 0.3) is 0 Å². The first-order valence-electron chi connectivity index (χ1n) is 6.43. The summed E-state index contributed by atoms with van der Waals surface area (Å²) in [5, 5.41) is 0. The zero-order valence-corrected chi connectivity index (χ0v) is 11.0. The molecule has 1 rings (SSSR count). The molecule has 1 amide bonds. The molecule has 2 N–H and O–H groups in total. The standard InChI is InChI=1S/C13H26N2O/c1-13(2,3)10-12(16)15-9-5-7-11(15)6-4-8-14/h11H,4-10,14H2,1-3H3. The van der Waals surface area contributed by atoms with E-state index in [2.05, 4.69) is 25.7 Å². The van der Waals surface area contributed by atoms with Gasteiger partial charge in [0.15, 0.2) is 0 Å². The molecule has 0 aromatic heterocycles. The zero-order chi connectivity index (χ0) is 12.2. The van der Waals surface area contributed by atoms with Crippen molar-refractivity contribution in [2.45, 2.75) is 58.9 Å². The summed E-state index contributed by atoms with van der Waals surface area (Å²) in [5.74, 6) is 0.326. The van der Waals surface area contributed by atoms with Crippen LogP contribution in [0, 0.1) is 5.41 Å². The fourth-order valence-electron chi connectivity index (χ4n) is 2.37. The van der Waals surface area contributed by atoms with E-state index in [1.54, 1.807) is 0 Å². The molecule has 0 bridgehead atoms. The van der Waals surface area contributed by atoms with Crippen LogP contribution in [0.1, 0.15) is 52.9 Å². The first-order valence-corrected chi connectivity index (χ1v) is 6.43. The summed E-state index contributed by atoms with van der Waals surface area (Å²) < 4.78 is 0. The van der Waals surface area contributed by atoms with Crippen LogP contribution in [0.2, 0.25) is 0 Å². The third-order valence-corrected chi connectivity index (χ3v) is 3.12. The summed E-state index contributed by atoms with van der Waals surface area (Å²) in [5.41, 5.74) is 5.62. The molecule has 1 saturated heterocycles. The van der Waals surface area contributed by atoms with Gasteiger partial charge in [0, 0.05) is 19.0 Å². The first kappa shape index (κ1) is 13.5. The third-order valence-electron chi connectivity index (χ3n) is 3.12. The molecule has 3 heteroatoms. The molecule has 1 fully saturated rings. The summed E-state index contributed by atoms with van der Waals surface area (Å²) in [6.45, 7) is 8.05. The molecule has 1 aliphatic heterocycles. The van der Waals surface area contributed by atoms with E-state index in [1.165, 1.54) is 0 Å². The van der Waals surface area contributed by atoms with E-state index < -0.39 is 0 Å². The Morgan fingerprint density at radius 1 is 1.44 bits per heavy atom. The monoisotopic (exact) mass is 226 g/mol. The van der Waals surface area contributed by atoms with Crippen LogP contribution in [0.25, 0.3) is 0 Å². The van der Waals surface area contributed by atoms with Gasteiger partial charge in [-0.05, 0) is 37.6 Å². The highest BCUT2D eigenvalue weighted by molar-refractivity contribution is 5.77. The Morgan fingerprint density at radius 2 is 2.12 bits per heavy atom. The fraction of sp³-hybridized carbons (Fsp3) is 0.923. The van der Waals surface area contributed by atoms with Crippen molar-refractivity contribution < 1.29 is 4.79 Å². The van der Waals surface area contributed by atoms with Crippen molar-refractivity contribution in [3.8, 4) is 0 Å². The minimum absolute atomic E-state index is 0.0953. The van der Waals surface area contributed by atoms with Gasteiger partial charge in [-0.15, -0.1) is 0 Å². The van der Waals surface area contributed by atoms with Crippen molar-refractivity contribution in [1.29, 1.82) is 0 Å². The van der Waals surface area contributed by atoms with E-state index in [9.17, 15) is 4.79 Å². The molecule has 0 aliphatic carbocycles. The van der Waals surface area contributed by atoms with Gasteiger partial charge in [-0.2, -0.15) is 0 Å². The van der Waals surface area contributed by atoms with Crippen molar-refractivity contribution in [2.24, 2.45) is 11.1 Å². The molecule has 94 valence electrons. The minimum atomic E-state index is 0.0953. The number of likely N-dealkylation sites (tertiary alicyclic amines) is 1. The Labute approximate surface area is 99.4 Å². The summed E-state index contributed by atoms with van der Waals surface area (Å²) >= 11 is 0. The highest BCUT2D eigenvalue weighted by Crippen LogP contribution is 2.26. The number of hydrogen-bond acceptors (Lipinski definition) is 2. The topological polar surface area (TPSA) is 46.3 Å². The van der Waals surface area contributed by atoms with Crippen LogP contribution in [0.3, 0.4) is 0 Å². The van der Waals surface area contributed by atoms with E-state index in [4.69, 9.17) is 5.73 Å². The number of carbonyl (C=O) groups is 1. The maximum Gasteiger partial charge on any atom is 0.223 e. The Hall–Kier alpha value is -0.570. The molecule has 0 spiro atoms. The van der Waals surface area contributed by atoms with Gasteiger partial charge >= 0.3 is 0 Å².